The lowest BCUT2D eigenvalue weighted by Crippen LogP contribution is -2.00. The fourth-order valence-corrected chi connectivity index (χ4v) is 2.28. The van der Waals surface area contributed by atoms with E-state index in [4.69, 9.17) is 15.4 Å². The first-order valence-corrected chi connectivity index (χ1v) is 6.32. The molecule has 7 heteroatoms. The summed E-state index contributed by atoms with van der Waals surface area (Å²) in [5.74, 6) is 0.156. The minimum atomic E-state index is -3.58. The van der Waals surface area contributed by atoms with Gasteiger partial charge in [-0.25, -0.2) is 13.1 Å². The van der Waals surface area contributed by atoms with E-state index in [0.29, 0.717) is 17.1 Å². The van der Waals surface area contributed by atoms with Crippen molar-refractivity contribution in [3.8, 4) is 5.88 Å². The quantitative estimate of drug-likeness (QED) is 0.731. The summed E-state index contributed by atoms with van der Waals surface area (Å²) in [4.78, 5) is 0. The van der Waals surface area contributed by atoms with Gasteiger partial charge in [0.25, 0.3) is 0 Å². The molecule has 0 aromatic carbocycles. The lowest BCUT2D eigenvalue weighted by atomic mass is 10.3. The van der Waals surface area contributed by atoms with E-state index in [9.17, 15) is 8.42 Å². The van der Waals surface area contributed by atoms with E-state index < -0.39 is 9.05 Å². The smallest absolute Gasteiger partial charge is 0.237 e. The molecule has 0 saturated heterocycles. The molecule has 1 heterocycles. The van der Waals surface area contributed by atoms with Gasteiger partial charge < -0.3 is 4.74 Å². The summed E-state index contributed by atoms with van der Waals surface area (Å²) in [7, 11) is 4.71. The number of halogens is 1. The van der Waals surface area contributed by atoms with Gasteiger partial charge in [0, 0.05) is 17.7 Å². The van der Waals surface area contributed by atoms with Crippen molar-refractivity contribution in [2.75, 3.05) is 7.11 Å². The Morgan fingerprint density at radius 3 is 2.57 bits per heavy atom. The number of methoxy groups -OCH3 is 1. The van der Waals surface area contributed by atoms with Crippen molar-refractivity contribution in [2.24, 2.45) is 7.05 Å². The van der Waals surface area contributed by atoms with Crippen LogP contribution >= 0.6 is 10.7 Å². The van der Waals surface area contributed by atoms with Crippen LogP contribution in [0.15, 0.2) is 0 Å². The second-order valence-electron chi connectivity index (χ2n) is 2.88. The molecule has 0 aliphatic carbocycles. The number of aromatic nitrogens is 2. The summed E-state index contributed by atoms with van der Waals surface area (Å²) < 4.78 is 28.3. The fourth-order valence-electron chi connectivity index (χ4n) is 1.27. The van der Waals surface area contributed by atoms with Gasteiger partial charge in [0.1, 0.15) is 0 Å². The Kier molecular flexibility index (Phi) is 3.06. The molecule has 0 atom stereocenters. The highest BCUT2D eigenvalue weighted by molar-refractivity contribution is 8.13. The summed E-state index contributed by atoms with van der Waals surface area (Å²) in [6.07, 6.45) is 0. The first-order chi connectivity index (χ1) is 6.35. The number of hydrogen-bond donors (Lipinski definition) is 0. The number of ether oxygens (including phenoxy) is 1. The highest BCUT2D eigenvalue weighted by atomic mass is 35.7. The van der Waals surface area contributed by atoms with Crippen LogP contribution in [0.1, 0.15) is 11.3 Å². The van der Waals surface area contributed by atoms with Crippen LogP contribution in [-0.2, 0) is 21.9 Å². The Balaban J connectivity index is 3.19. The highest BCUT2D eigenvalue weighted by Gasteiger charge is 2.19. The second kappa shape index (κ2) is 3.78. The van der Waals surface area contributed by atoms with Crippen molar-refractivity contribution in [3.05, 3.63) is 11.3 Å². The van der Waals surface area contributed by atoms with Gasteiger partial charge >= 0.3 is 0 Å². The summed E-state index contributed by atoms with van der Waals surface area (Å²) in [5.41, 5.74) is 1.11. The monoisotopic (exact) mass is 238 g/mol. The average molecular weight is 239 g/mol. The molecule has 0 unspecified atom stereocenters. The minimum Gasteiger partial charge on any atom is -0.481 e. The van der Waals surface area contributed by atoms with Crippen molar-refractivity contribution in [3.63, 3.8) is 0 Å². The molecule has 1 aromatic rings. The van der Waals surface area contributed by atoms with Crippen molar-refractivity contribution in [1.82, 2.24) is 9.78 Å². The molecule has 0 aliphatic rings. The van der Waals surface area contributed by atoms with Crippen LogP contribution in [0.2, 0.25) is 0 Å². The predicted octanol–water partition coefficient (Wildman–Crippen LogP) is 0.806. The number of rotatable bonds is 3. The predicted molar refractivity (Wildman–Crippen MR) is 53.0 cm³/mol. The molecule has 0 spiro atoms. The standard InChI is InChI=1S/C7H11ClN2O3S/c1-5-6(4-14(8,11)12)7(13-3)10(2)9-5/h4H2,1-3H3. The van der Waals surface area contributed by atoms with E-state index in [1.165, 1.54) is 11.8 Å². The minimum absolute atomic E-state index is 0.266. The van der Waals surface area contributed by atoms with Crippen molar-refractivity contribution < 1.29 is 13.2 Å². The molecule has 0 radical (unpaired) electrons. The van der Waals surface area contributed by atoms with Crippen LogP contribution in [0.25, 0.3) is 0 Å². The van der Waals surface area contributed by atoms with Crippen LogP contribution in [0.5, 0.6) is 5.88 Å². The number of nitrogens with zero attached hydrogens (tertiary/aromatic N) is 2. The van der Waals surface area contributed by atoms with E-state index in [0.717, 1.165) is 0 Å². The van der Waals surface area contributed by atoms with Crippen LogP contribution < -0.4 is 4.74 Å². The third kappa shape index (κ3) is 2.39. The molecule has 0 fully saturated rings. The van der Waals surface area contributed by atoms with Gasteiger partial charge in [-0.05, 0) is 6.92 Å². The molecule has 0 amide bonds. The third-order valence-corrected chi connectivity index (χ3v) is 2.76. The molecule has 0 saturated carbocycles. The Morgan fingerprint density at radius 2 is 2.14 bits per heavy atom. The van der Waals surface area contributed by atoms with E-state index in [2.05, 4.69) is 5.10 Å². The lowest BCUT2D eigenvalue weighted by molar-refractivity contribution is 0.370. The van der Waals surface area contributed by atoms with Crippen molar-refractivity contribution in [2.45, 2.75) is 12.7 Å². The SMILES string of the molecule is COc1c(CS(=O)(=O)Cl)c(C)nn1C. The molecule has 0 N–H and O–H groups in total. The van der Waals surface area contributed by atoms with E-state index in [1.807, 2.05) is 0 Å². The van der Waals surface area contributed by atoms with Crippen LogP contribution in [-0.4, -0.2) is 25.3 Å². The van der Waals surface area contributed by atoms with E-state index >= 15 is 0 Å². The Hall–Kier alpha value is -0.750. The molecule has 0 aliphatic heterocycles. The molecule has 14 heavy (non-hydrogen) atoms. The molecular weight excluding hydrogens is 228 g/mol. The summed E-state index contributed by atoms with van der Waals surface area (Å²) in [6.45, 7) is 1.71. The zero-order valence-electron chi connectivity index (χ0n) is 8.11. The van der Waals surface area contributed by atoms with Gasteiger partial charge in [-0.1, -0.05) is 0 Å². The van der Waals surface area contributed by atoms with Gasteiger partial charge in [0.2, 0.25) is 14.9 Å². The normalized spacial score (nSPS) is 11.7. The lowest BCUT2D eigenvalue weighted by Gasteiger charge is -2.02. The third-order valence-electron chi connectivity index (χ3n) is 1.80. The number of aryl methyl sites for hydroxylation is 2. The first-order valence-electron chi connectivity index (χ1n) is 3.84. The van der Waals surface area contributed by atoms with Crippen LogP contribution in [0.3, 0.4) is 0 Å². The molecule has 80 valence electrons. The van der Waals surface area contributed by atoms with E-state index in [-0.39, 0.29) is 5.75 Å². The van der Waals surface area contributed by atoms with E-state index in [1.54, 1.807) is 14.0 Å². The maximum absolute atomic E-state index is 10.9. The topological polar surface area (TPSA) is 61.2 Å². The van der Waals surface area contributed by atoms with Gasteiger partial charge in [-0.2, -0.15) is 5.10 Å². The fraction of sp³-hybridized carbons (Fsp3) is 0.571. The van der Waals surface area contributed by atoms with Crippen molar-refractivity contribution in [1.29, 1.82) is 0 Å². The molecule has 0 bridgehead atoms. The molecule has 1 aromatic heterocycles. The van der Waals surface area contributed by atoms with Gasteiger partial charge in [-0.3, -0.25) is 0 Å². The Bertz CT molecular complexity index is 438. The Morgan fingerprint density at radius 1 is 1.57 bits per heavy atom. The summed E-state index contributed by atoms with van der Waals surface area (Å²) in [6, 6.07) is 0. The molecule has 5 nitrogen and oxygen atoms in total. The first kappa shape index (κ1) is 11.3. The van der Waals surface area contributed by atoms with Crippen LogP contribution in [0, 0.1) is 6.92 Å². The molecule has 1 rings (SSSR count). The number of hydrogen-bond acceptors (Lipinski definition) is 4. The largest absolute Gasteiger partial charge is 0.481 e. The molecular formula is C7H11ClN2O3S. The highest BCUT2D eigenvalue weighted by Crippen LogP contribution is 2.24. The maximum Gasteiger partial charge on any atom is 0.237 e. The average Bonchev–Trinajstić information content (AvgIpc) is 2.24. The zero-order chi connectivity index (χ0) is 10.9. The van der Waals surface area contributed by atoms with Crippen molar-refractivity contribution >= 4 is 19.7 Å². The van der Waals surface area contributed by atoms with Crippen LogP contribution in [0.4, 0.5) is 0 Å². The maximum atomic E-state index is 10.9. The van der Waals surface area contributed by atoms with Gasteiger partial charge in [-0.15, -0.1) is 0 Å². The second-order valence-corrected chi connectivity index (χ2v) is 5.66. The Labute approximate surface area is 87.0 Å². The zero-order valence-corrected chi connectivity index (χ0v) is 9.68. The van der Waals surface area contributed by atoms with Gasteiger partial charge in [0.05, 0.1) is 24.1 Å². The van der Waals surface area contributed by atoms with Gasteiger partial charge in [0.15, 0.2) is 0 Å². The summed E-state index contributed by atoms with van der Waals surface area (Å²) >= 11 is 0. The summed E-state index contributed by atoms with van der Waals surface area (Å²) in [5, 5.41) is 4.03.